The average Bonchev–Trinajstić information content (AvgIpc) is 2.79. The first-order chi connectivity index (χ1) is 14.9. The lowest BCUT2D eigenvalue weighted by Gasteiger charge is -2.30. The summed E-state index contributed by atoms with van der Waals surface area (Å²) in [6, 6.07) is 14.8. The third kappa shape index (κ3) is 4.95. The number of carbonyl (C=O) groups is 1. The summed E-state index contributed by atoms with van der Waals surface area (Å²) in [6.07, 6.45) is 4.27. The third-order valence-corrected chi connectivity index (χ3v) is 7.88. The SMILES string of the molecule is CC(C)c1ccc(NC(=O)C2CCN(S(=O)(=O)c3cccc4cnccc34)CC2)cc1.Cl. The molecule has 0 spiro atoms. The van der Waals surface area contributed by atoms with Gasteiger partial charge in [-0.2, -0.15) is 4.31 Å². The van der Waals surface area contributed by atoms with Crippen LogP contribution in [0.3, 0.4) is 0 Å². The Labute approximate surface area is 195 Å². The highest BCUT2D eigenvalue weighted by Gasteiger charge is 2.33. The number of fused-ring (bicyclic) bond motifs is 1. The lowest BCUT2D eigenvalue weighted by atomic mass is 9.97. The van der Waals surface area contributed by atoms with E-state index in [1.807, 2.05) is 30.3 Å². The molecule has 0 radical (unpaired) electrons. The number of aromatic nitrogens is 1. The Morgan fingerprint density at radius 3 is 2.41 bits per heavy atom. The normalized spacial score (nSPS) is 15.5. The van der Waals surface area contributed by atoms with Crippen molar-refractivity contribution < 1.29 is 13.2 Å². The second kappa shape index (κ2) is 9.98. The molecule has 32 heavy (non-hydrogen) atoms. The van der Waals surface area contributed by atoms with Gasteiger partial charge in [0, 0.05) is 47.9 Å². The highest BCUT2D eigenvalue weighted by Crippen LogP contribution is 2.29. The van der Waals surface area contributed by atoms with Crippen LogP contribution >= 0.6 is 12.4 Å². The molecule has 0 unspecified atom stereocenters. The van der Waals surface area contributed by atoms with Gasteiger partial charge >= 0.3 is 0 Å². The quantitative estimate of drug-likeness (QED) is 0.576. The highest BCUT2D eigenvalue weighted by atomic mass is 35.5. The molecule has 8 heteroatoms. The molecule has 0 atom stereocenters. The number of nitrogens with one attached hydrogen (secondary N) is 1. The topological polar surface area (TPSA) is 79.4 Å². The number of halogens is 1. The standard InChI is InChI=1S/C24H27N3O3S.ClH/c1-17(2)18-6-8-21(9-7-18)26-24(28)19-11-14-27(15-12-19)31(29,30)23-5-3-4-20-16-25-13-10-22(20)23;/h3-10,13,16-17,19H,11-12,14-15H2,1-2H3,(H,26,28);1H. The first-order valence-electron chi connectivity index (χ1n) is 10.6. The van der Waals surface area contributed by atoms with Gasteiger partial charge in [0.15, 0.2) is 0 Å². The van der Waals surface area contributed by atoms with Crippen molar-refractivity contribution in [1.29, 1.82) is 0 Å². The smallest absolute Gasteiger partial charge is 0.243 e. The molecule has 2 heterocycles. The summed E-state index contributed by atoms with van der Waals surface area (Å²) in [5, 5.41) is 4.43. The molecular formula is C24H28ClN3O3S. The van der Waals surface area contributed by atoms with Crippen LogP contribution in [0.4, 0.5) is 5.69 Å². The molecular weight excluding hydrogens is 446 g/mol. The molecule has 6 nitrogen and oxygen atoms in total. The van der Waals surface area contributed by atoms with E-state index in [1.165, 1.54) is 9.87 Å². The molecule has 0 aliphatic carbocycles. The van der Waals surface area contributed by atoms with Gasteiger partial charge in [-0.25, -0.2) is 8.42 Å². The summed E-state index contributed by atoms with van der Waals surface area (Å²) >= 11 is 0. The van der Waals surface area contributed by atoms with E-state index in [4.69, 9.17) is 0 Å². The summed E-state index contributed by atoms with van der Waals surface area (Å²) in [7, 11) is -3.64. The van der Waals surface area contributed by atoms with Crippen LogP contribution in [-0.4, -0.2) is 36.7 Å². The summed E-state index contributed by atoms with van der Waals surface area (Å²) in [6.45, 7) is 4.91. The Kier molecular flexibility index (Phi) is 7.54. The Hall–Kier alpha value is -2.48. The number of amides is 1. The minimum absolute atomic E-state index is 0. The van der Waals surface area contributed by atoms with Crippen LogP contribution < -0.4 is 5.32 Å². The molecule has 1 fully saturated rings. The zero-order valence-corrected chi connectivity index (χ0v) is 19.8. The van der Waals surface area contributed by atoms with Crippen molar-refractivity contribution in [3.8, 4) is 0 Å². The summed E-state index contributed by atoms with van der Waals surface area (Å²) in [5.74, 6) is 0.188. The Bertz CT molecular complexity index is 1180. The number of anilines is 1. The summed E-state index contributed by atoms with van der Waals surface area (Å²) in [4.78, 5) is 17.1. The number of nitrogens with zero attached hydrogens (tertiary/aromatic N) is 2. The van der Waals surface area contributed by atoms with E-state index in [9.17, 15) is 13.2 Å². The van der Waals surface area contributed by atoms with Gasteiger partial charge in [0.2, 0.25) is 15.9 Å². The third-order valence-electron chi connectivity index (χ3n) is 5.93. The number of hydrogen-bond donors (Lipinski definition) is 1. The van der Waals surface area contributed by atoms with E-state index in [0.29, 0.717) is 42.1 Å². The average molecular weight is 474 g/mol. The monoisotopic (exact) mass is 473 g/mol. The van der Waals surface area contributed by atoms with E-state index in [0.717, 1.165) is 11.1 Å². The first kappa shape index (κ1) is 24.2. The Morgan fingerprint density at radius 2 is 1.75 bits per heavy atom. The second-order valence-corrected chi connectivity index (χ2v) is 10.2. The zero-order chi connectivity index (χ0) is 22.0. The number of rotatable bonds is 5. The van der Waals surface area contributed by atoms with Crippen LogP contribution in [0, 0.1) is 5.92 Å². The van der Waals surface area contributed by atoms with E-state index in [1.54, 1.807) is 30.6 Å². The van der Waals surface area contributed by atoms with Crippen LogP contribution in [0.2, 0.25) is 0 Å². The summed E-state index contributed by atoms with van der Waals surface area (Å²) < 4.78 is 28.0. The summed E-state index contributed by atoms with van der Waals surface area (Å²) in [5.41, 5.74) is 1.99. The fourth-order valence-electron chi connectivity index (χ4n) is 4.01. The molecule has 2 aromatic carbocycles. The molecule has 1 N–H and O–H groups in total. The molecule has 1 amide bonds. The van der Waals surface area contributed by atoms with Crippen molar-refractivity contribution in [3.05, 3.63) is 66.5 Å². The van der Waals surface area contributed by atoms with E-state index in [2.05, 4.69) is 24.1 Å². The maximum absolute atomic E-state index is 13.3. The van der Waals surface area contributed by atoms with Gasteiger partial charge in [0.25, 0.3) is 0 Å². The molecule has 3 aromatic rings. The first-order valence-corrected chi connectivity index (χ1v) is 12.0. The predicted molar refractivity (Wildman–Crippen MR) is 130 cm³/mol. The van der Waals surface area contributed by atoms with Gasteiger partial charge in [-0.3, -0.25) is 9.78 Å². The van der Waals surface area contributed by atoms with Crippen LogP contribution in [0.15, 0.2) is 65.8 Å². The van der Waals surface area contributed by atoms with Crippen LogP contribution in [0.1, 0.15) is 38.2 Å². The number of carbonyl (C=O) groups excluding carboxylic acids is 1. The molecule has 1 aliphatic heterocycles. The second-order valence-electron chi connectivity index (χ2n) is 8.30. The lowest BCUT2D eigenvalue weighted by Crippen LogP contribution is -2.41. The largest absolute Gasteiger partial charge is 0.326 e. The van der Waals surface area contributed by atoms with Gasteiger partial charge in [-0.1, -0.05) is 38.1 Å². The maximum atomic E-state index is 13.3. The van der Waals surface area contributed by atoms with Crippen molar-refractivity contribution in [1.82, 2.24) is 9.29 Å². The Morgan fingerprint density at radius 1 is 1.06 bits per heavy atom. The molecule has 4 rings (SSSR count). The van der Waals surface area contributed by atoms with E-state index < -0.39 is 10.0 Å². The number of pyridine rings is 1. The fraction of sp³-hybridized carbons (Fsp3) is 0.333. The molecule has 1 saturated heterocycles. The fourth-order valence-corrected chi connectivity index (χ4v) is 5.69. The van der Waals surface area contributed by atoms with Crippen molar-refractivity contribution >= 4 is 44.8 Å². The van der Waals surface area contributed by atoms with Crippen LogP contribution in [0.25, 0.3) is 10.8 Å². The molecule has 0 saturated carbocycles. The number of sulfonamides is 1. The Balaban J connectivity index is 0.00000289. The number of piperidine rings is 1. The zero-order valence-electron chi connectivity index (χ0n) is 18.2. The van der Waals surface area contributed by atoms with Gasteiger partial charge in [0.05, 0.1) is 4.90 Å². The van der Waals surface area contributed by atoms with Crippen molar-refractivity contribution in [2.45, 2.75) is 37.5 Å². The minimum Gasteiger partial charge on any atom is -0.326 e. The number of hydrogen-bond acceptors (Lipinski definition) is 4. The predicted octanol–water partition coefficient (Wildman–Crippen LogP) is 4.82. The van der Waals surface area contributed by atoms with Gasteiger partial charge < -0.3 is 5.32 Å². The highest BCUT2D eigenvalue weighted by molar-refractivity contribution is 7.89. The van der Waals surface area contributed by atoms with Gasteiger partial charge in [-0.15, -0.1) is 12.4 Å². The number of benzene rings is 2. The van der Waals surface area contributed by atoms with E-state index in [-0.39, 0.29) is 24.2 Å². The van der Waals surface area contributed by atoms with Crippen molar-refractivity contribution in [2.24, 2.45) is 5.92 Å². The maximum Gasteiger partial charge on any atom is 0.243 e. The van der Waals surface area contributed by atoms with Gasteiger partial charge in [0.1, 0.15) is 0 Å². The minimum atomic E-state index is -3.64. The van der Waals surface area contributed by atoms with E-state index >= 15 is 0 Å². The molecule has 170 valence electrons. The van der Waals surface area contributed by atoms with Gasteiger partial charge in [-0.05, 0) is 48.6 Å². The van der Waals surface area contributed by atoms with Crippen molar-refractivity contribution in [3.63, 3.8) is 0 Å². The molecule has 1 aliphatic rings. The van der Waals surface area contributed by atoms with Crippen LogP contribution in [0.5, 0.6) is 0 Å². The van der Waals surface area contributed by atoms with Crippen LogP contribution in [-0.2, 0) is 14.8 Å². The molecule has 0 bridgehead atoms. The van der Waals surface area contributed by atoms with Crippen molar-refractivity contribution in [2.75, 3.05) is 18.4 Å². The lowest BCUT2D eigenvalue weighted by molar-refractivity contribution is -0.120. The molecule has 1 aromatic heterocycles.